The van der Waals surface area contributed by atoms with E-state index in [0.29, 0.717) is 16.9 Å². The van der Waals surface area contributed by atoms with Gasteiger partial charge in [-0.1, -0.05) is 45.8 Å². The average Bonchev–Trinajstić information content (AvgIpc) is 2.74. The SMILES string of the molecule is Cc1cccc(C(=O)Nc2ccccc2C(=O)NCC(=O)Nc2ccc(Br)cc2C)c1. The number of anilines is 2. The van der Waals surface area contributed by atoms with E-state index in [9.17, 15) is 14.4 Å². The van der Waals surface area contributed by atoms with Crippen molar-refractivity contribution in [2.45, 2.75) is 13.8 Å². The third-order valence-corrected chi connectivity index (χ3v) is 5.07. The first-order valence-corrected chi connectivity index (χ1v) is 10.4. The molecule has 3 aromatic carbocycles. The highest BCUT2D eigenvalue weighted by atomic mass is 79.9. The molecule has 0 spiro atoms. The van der Waals surface area contributed by atoms with Crippen LogP contribution in [-0.4, -0.2) is 24.3 Å². The Morgan fingerprint density at radius 2 is 1.58 bits per heavy atom. The van der Waals surface area contributed by atoms with Gasteiger partial charge in [-0.25, -0.2) is 0 Å². The molecule has 0 radical (unpaired) electrons. The Morgan fingerprint density at radius 1 is 0.806 bits per heavy atom. The predicted molar refractivity (Wildman–Crippen MR) is 125 cm³/mol. The lowest BCUT2D eigenvalue weighted by Gasteiger charge is -2.12. The Morgan fingerprint density at radius 3 is 2.32 bits per heavy atom. The number of para-hydroxylation sites is 1. The van der Waals surface area contributed by atoms with Gasteiger partial charge in [-0.2, -0.15) is 0 Å². The fourth-order valence-electron chi connectivity index (χ4n) is 2.99. The van der Waals surface area contributed by atoms with Crippen LogP contribution in [0.25, 0.3) is 0 Å². The molecular formula is C24H22BrN3O3. The number of carbonyl (C=O) groups is 3. The minimum absolute atomic E-state index is 0.200. The molecule has 158 valence electrons. The number of nitrogens with one attached hydrogen (secondary N) is 3. The summed E-state index contributed by atoms with van der Waals surface area (Å²) in [7, 11) is 0. The van der Waals surface area contributed by atoms with Gasteiger partial charge in [0.1, 0.15) is 0 Å². The van der Waals surface area contributed by atoms with Gasteiger partial charge in [0.05, 0.1) is 17.8 Å². The zero-order valence-electron chi connectivity index (χ0n) is 17.2. The molecular weight excluding hydrogens is 458 g/mol. The number of halogens is 1. The van der Waals surface area contributed by atoms with Crippen LogP contribution in [0.15, 0.2) is 71.2 Å². The van der Waals surface area contributed by atoms with Gasteiger partial charge in [-0.15, -0.1) is 0 Å². The lowest BCUT2D eigenvalue weighted by molar-refractivity contribution is -0.115. The van der Waals surface area contributed by atoms with E-state index in [1.807, 2.05) is 32.0 Å². The van der Waals surface area contributed by atoms with Crippen LogP contribution in [0.1, 0.15) is 31.8 Å². The maximum absolute atomic E-state index is 12.7. The highest BCUT2D eigenvalue weighted by Gasteiger charge is 2.15. The molecule has 0 heterocycles. The maximum Gasteiger partial charge on any atom is 0.255 e. The molecule has 3 amide bonds. The van der Waals surface area contributed by atoms with E-state index in [-0.39, 0.29) is 23.9 Å². The monoisotopic (exact) mass is 479 g/mol. The first kappa shape index (κ1) is 22.2. The summed E-state index contributed by atoms with van der Waals surface area (Å²) in [6, 6.07) is 19.4. The van der Waals surface area contributed by atoms with Crippen molar-refractivity contribution in [1.82, 2.24) is 5.32 Å². The summed E-state index contributed by atoms with van der Waals surface area (Å²) in [6.45, 7) is 3.58. The number of carbonyl (C=O) groups excluding carboxylic acids is 3. The fraction of sp³-hybridized carbons (Fsp3) is 0.125. The van der Waals surface area contributed by atoms with Crippen LogP contribution in [0.2, 0.25) is 0 Å². The van der Waals surface area contributed by atoms with Crippen molar-refractivity contribution in [3.8, 4) is 0 Å². The van der Waals surface area contributed by atoms with Gasteiger partial charge < -0.3 is 16.0 Å². The van der Waals surface area contributed by atoms with Crippen LogP contribution in [0, 0.1) is 13.8 Å². The topological polar surface area (TPSA) is 87.3 Å². The number of amides is 3. The van der Waals surface area contributed by atoms with E-state index in [1.165, 1.54) is 0 Å². The Bertz CT molecular complexity index is 1140. The summed E-state index contributed by atoms with van der Waals surface area (Å²) in [4.78, 5) is 37.5. The number of hydrogen-bond donors (Lipinski definition) is 3. The first-order chi connectivity index (χ1) is 14.8. The van der Waals surface area contributed by atoms with E-state index in [0.717, 1.165) is 15.6 Å². The molecule has 3 aromatic rings. The van der Waals surface area contributed by atoms with Crippen molar-refractivity contribution in [2.24, 2.45) is 0 Å². The molecule has 0 saturated heterocycles. The molecule has 0 aliphatic rings. The molecule has 0 aromatic heterocycles. The third kappa shape index (κ3) is 6.02. The molecule has 0 unspecified atom stereocenters. The second kappa shape index (κ2) is 10.0. The smallest absolute Gasteiger partial charge is 0.255 e. The second-order valence-corrected chi connectivity index (χ2v) is 7.97. The van der Waals surface area contributed by atoms with Gasteiger partial charge in [0, 0.05) is 15.7 Å². The standard InChI is InChI=1S/C24H22BrN3O3/c1-15-6-5-7-17(12-15)23(30)28-21-9-4-3-8-19(21)24(31)26-14-22(29)27-20-11-10-18(25)13-16(20)2/h3-13H,14H2,1-2H3,(H,26,31)(H,27,29)(H,28,30). The normalized spacial score (nSPS) is 10.3. The van der Waals surface area contributed by atoms with Crippen LogP contribution in [0.3, 0.4) is 0 Å². The van der Waals surface area contributed by atoms with E-state index in [4.69, 9.17) is 0 Å². The largest absolute Gasteiger partial charge is 0.343 e. The van der Waals surface area contributed by atoms with Crippen LogP contribution < -0.4 is 16.0 Å². The minimum atomic E-state index is -0.456. The van der Waals surface area contributed by atoms with Gasteiger partial charge in [-0.3, -0.25) is 14.4 Å². The molecule has 3 rings (SSSR count). The molecule has 31 heavy (non-hydrogen) atoms. The highest BCUT2D eigenvalue weighted by Crippen LogP contribution is 2.20. The second-order valence-electron chi connectivity index (χ2n) is 7.06. The van der Waals surface area contributed by atoms with E-state index in [1.54, 1.807) is 48.5 Å². The molecule has 3 N–H and O–H groups in total. The summed E-state index contributed by atoms with van der Waals surface area (Å²) in [5.41, 5.74) is 3.68. The summed E-state index contributed by atoms with van der Waals surface area (Å²) >= 11 is 3.38. The zero-order chi connectivity index (χ0) is 22.4. The van der Waals surface area contributed by atoms with Crippen molar-refractivity contribution >= 4 is 45.0 Å². The number of aryl methyl sites for hydroxylation is 2. The summed E-state index contributed by atoms with van der Waals surface area (Å²) in [5, 5.41) is 8.14. The van der Waals surface area contributed by atoms with Crippen molar-refractivity contribution in [3.63, 3.8) is 0 Å². The van der Waals surface area contributed by atoms with Crippen LogP contribution in [-0.2, 0) is 4.79 Å². The lowest BCUT2D eigenvalue weighted by Crippen LogP contribution is -2.33. The van der Waals surface area contributed by atoms with Gasteiger partial charge in [0.2, 0.25) is 5.91 Å². The highest BCUT2D eigenvalue weighted by molar-refractivity contribution is 9.10. The summed E-state index contributed by atoms with van der Waals surface area (Å²) < 4.78 is 0.917. The molecule has 0 fully saturated rings. The third-order valence-electron chi connectivity index (χ3n) is 4.57. The Hall–Kier alpha value is -3.45. The van der Waals surface area contributed by atoms with E-state index in [2.05, 4.69) is 31.9 Å². The molecule has 0 bridgehead atoms. The first-order valence-electron chi connectivity index (χ1n) is 9.65. The summed E-state index contributed by atoms with van der Waals surface area (Å²) in [6.07, 6.45) is 0. The van der Waals surface area contributed by atoms with Gasteiger partial charge in [0.25, 0.3) is 11.8 Å². The van der Waals surface area contributed by atoms with E-state index < -0.39 is 5.91 Å². The minimum Gasteiger partial charge on any atom is -0.343 e. The number of hydrogen-bond acceptors (Lipinski definition) is 3. The van der Waals surface area contributed by atoms with Crippen molar-refractivity contribution in [1.29, 1.82) is 0 Å². The van der Waals surface area contributed by atoms with Gasteiger partial charge >= 0.3 is 0 Å². The summed E-state index contributed by atoms with van der Waals surface area (Å²) in [5.74, 6) is -1.12. The molecule has 6 nitrogen and oxygen atoms in total. The number of rotatable bonds is 6. The molecule has 0 atom stereocenters. The Kier molecular flexibility index (Phi) is 7.20. The average molecular weight is 480 g/mol. The van der Waals surface area contributed by atoms with Crippen molar-refractivity contribution < 1.29 is 14.4 Å². The molecule has 7 heteroatoms. The molecule has 0 saturated carbocycles. The Balaban J connectivity index is 1.64. The molecule has 0 aliphatic heterocycles. The van der Waals surface area contributed by atoms with Crippen LogP contribution in [0.5, 0.6) is 0 Å². The lowest BCUT2D eigenvalue weighted by atomic mass is 10.1. The van der Waals surface area contributed by atoms with Crippen LogP contribution in [0.4, 0.5) is 11.4 Å². The quantitative estimate of drug-likeness (QED) is 0.479. The predicted octanol–water partition coefficient (Wildman–Crippen LogP) is 4.69. The number of benzene rings is 3. The zero-order valence-corrected chi connectivity index (χ0v) is 18.7. The maximum atomic E-state index is 12.7. The van der Waals surface area contributed by atoms with Crippen molar-refractivity contribution in [2.75, 3.05) is 17.2 Å². The van der Waals surface area contributed by atoms with Gasteiger partial charge in [-0.05, 0) is 61.9 Å². The fourth-order valence-corrected chi connectivity index (χ4v) is 3.46. The van der Waals surface area contributed by atoms with Crippen molar-refractivity contribution in [3.05, 3.63) is 93.5 Å². The van der Waals surface area contributed by atoms with Gasteiger partial charge in [0.15, 0.2) is 0 Å². The van der Waals surface area contributed by atoms with E-state index >= 15 is 0 Å². The molecule has 0 aliphatic carbocycles. The Labute approximate surface area is 189 Å². The van der Waals surface area contributed by atoms with Crippen LogP contribution >= 0.6 is 15.9 Å².